The molecule has 0 aromatic carbocycles. The molecule has 7 heteroatoms. The van der Waals surface area contributed by atoms with Crippen molar-refractivity contribution in [2.24, 2.45) is 10.5 Å². The summed E-state index contributed by atoms with van der Waals surface area (Å²) in [6.07, 6.45) is -4.23. The maximum absolute atomic E-state index is 12.6. The van der Waals surface area contributed by atoms with Gasteiger partial charge in [-0.1, -0.05) is 0 Å². The second-order valence-electron chi connectivity index (χ2n) is 3.73. The summed E-state index contributed by atoms with van der Waals surface area (Å²) in [5, 5.41) is 6.06. The molecule has 1 spiro atoms. The van der Waals surface area contributed by atoms with Gasteiger partial charge in [0, 0.05) is 0 Å². The van der Waals surface area contributed by atoms with Crippen molar-refractivity contribution in [1.82, 2.24) is 10.7 Å². The van der Waals surface area contributed by atoms with Crippen molar-refractivity contribution in [2.75, 3.05) is 13.1 Å². The van der Waals surface area contributed by atoms with Crippen LogP contribution in [0.1, 0.15) is 12.8 Å². The monoisotopic (exact) mass is 221 g/mol. The number of piperidine rings is 1. The Hall–Kier alpha value is -1.11. The smallest absolute Gasteiger partial charge is 0.317 e. The van der Waals surface area contributed by atoms with E-state index in [0.29, 0.717) is 13.1 Å². The number of halogens is 3. The van der Waals surface area contributed by atoms with Crippen molar-refractivity contribution in [3.8, 4) is 0 Å². The Balaban J connectivity index is 2.35. The molecule has 0 aromatic heterocycles. The van der Waals surface area contributed by atoms with E-state index in [2.05, 4.69) is 10.4 Å². The number of alkyl halides is 3. The maximum atomic E-state index is 12.6. The average molecular weight is 221 g/mol. The van der Waals surface area contributed by atoms with Crippen LogP contribution in [0.4, 0.5) is 13.2 Å². The first-order chi connectivity index (χ1) is 6.97. The lowest BCUT2D eigenvalue weighted by Gasteiger charge is -2.32. The predicted octanol–water partition coefficient (Wildman–Crippen LogP) is 0.404. The van der Waals surface area contributed by atoms with Gasteiger partial charge in [-0.3, -0.25) is 4.79 Å². The van der Waals surface area contributed by atoms with E-state index >= 15 is 0 Å². The zero-order valence-corrected chi connectivity index (χ0v) is 7.82. The van der Waals surface area contributed by atoms with Crippen molar-refractivity contribution in [3.63, 3.8) is 0 Å². The summed E-state index contributed by atoms with van der Waals surface area (Å²) in [4.78, 5) is 11.5. The highest BCUT2D eigenvalue weighted by molar-refractivity contribution is 6.14. The van der Waals surface area contributed by atoms with E-state index in [-0.39, 0.29) is 12.8 Å². The zero-order valence-electron chi connectivity index (χ0n) is 7.82. The highest BCUT2D eigenvalue weighted by Crippen LogP contribution is 2.40. The van der Waals surface area contributed by atoms with Gasteiger partial charge in [0.2, 0.25) is 0 Å². The van der Waals surface area contributed by atoms with Crippen LogP contribution >= 0.6 is 0 Å². The topological polar surface area (TPSA) is 53.5 Å². The lowest BCUT2D eigenvalue weighted by atomic mass is 9.74. The molecule has 0 saturated carbocycles. The Morgan fingerprint density at radius 1 is 1.27 bits per heavy atom. The van der Waals surface area contributed by atoms with Gasteiger partial charge in [0.1, 0.15) is 5.41 Å². The summed E-state index contributed by atoms with van der Waals surface area (Å²) in [5.74, 6) is -0.628. The maximum Gasteiger partial charge on any atom is 0.432 e. The highest BCUT2D eigenvalue weighted by atomic mass is 19.4. The van der Waals surface area contributed by atoms with Crippen LogP contribution < -0.4 is 10.7 Å². The molecule has 0 aliphatic carbocycles. The standard InChI is InChI=1S/C8H10F3N3O/c9-8(10,11)5-7(6(15)14-13-5)1-3-12-4-2-7/h12H,1-4H2,(H,14,15). The van der Waals surface area contributed by atoms with Crippen LogP contribution in [-0.4, -0.2) is 30.9 Å². The second kappa shape index (κ2) is 3.19. The molecule has 2 N–H and O–H groups in total. The van der Waals surface area contributed by atoms with Gasteiger partial charge in [0.05, 0.1) is 0 Å². The van der Waals surface area contributed by atoms with Crippen molar-refractivity contribution >= 4 is 11.6 Å². The molecular formula is C8H10F3N3O. The molecule has 0 bridgehead atoms. The van der Waals surface area contributed by atoms with E-state index in [4.69, 9.17) is 0 Å². The normalized spacial score (nSPS) is 25.3. The Morgan fingerprint density at radius 2 is 1.87 bits per heavy atom. The van der Waals surface area contributed by atoms with Crippen LogP contribution in [0.2, 0.25) is 0 Å². The summed E-state index contributed by atoms with van der Waals surface area (Å²) in [6, 6.07) is 0. The zero-order chi connectivity index (χ0) is 11.1. The van der Waals surface area contributed by atoms with Gasteiger partial charge in [-0.05, 0) is 25.9 Å². The Kier molecular flexibility index (Phi) is 2.22. The molecule has 0 atom stereocenters. The largest absolute Gasteiger partial charge is 0.432 e. The minimum Gasteiger partial charge on any atom is -0.317 e. The van der Waals surface area contributed by atoms with Gasteiger partial charge in [0.15, 0.2) is 5.71 Å². The third-order valence-corrected chi connectivity index (χ3v) is 2.88. The lowest BCUT2D eigenvalue weighted by molar-refractivity contribution is -0.129. The van der Waals surface area contributed by atoms with Crippen molar-refractivity contribution in [2.45, 2.75) is 19.0 Å². The summed E-state index contributed by atoms with van der Waals surface area (Å²) in [6.45, 7) is 0.811. The van der Waals surface area contributed by atoms with Crippen LogP contribution in [0.15, 0.2) is 5.10 Å². The number of nitrogens with one attached hydrogen (secondary N) is 2. The molecule has 84 valence electrons. The lowest BCUT2D eigenvalue weighted by Crippen LogP contribution is -2.50. The van der Waals surface area contributed by atoms with Crippen molar-refractivity contribution < 1.29 is 18.0 Å². The van der Waals surface area contributed by atoms with E-state index in [9.17, 15) is 18.0 Å². The number of carbonyl (C=O) groups excluding carboxylic acids is 1. The predicted molar refractivity (Wildman–Crippen MR) is 46.2 cm³/mol. The van der Waals surface area contributed by atoms with Crippen molar-refractivity contribution in [1.29, 1.82) is 0 Å². The van der Waals surface area contributed by atoms with E-state index in [1.165, 1.54) is 0 Å². The van der Waals surface area contributed by atoms with E-state index in [1.807, 2.05) is 5.43 Å². The summed E-state index contributed by atoms with van der Waals surface area (Å²) >= 11 is 0. The van der Waals surface area contributed by atoms with Gasteiger partial charge in [-0.25, -0.2) is 5.43 Å². The van der Waals surface area contributed by atoms with E-state index in [1.54, 1.807) is 0 Å². The van der Waals surface area contributed by atoms with E-state index in [0.717, 1.165) is 0 Å². The second-order valence-corrected chi connectivity index (χ2v) is 3.73. The molecule has 15 heavy (non-hydrogen) atoms. The van der Waals surface area contributed by atoms with Crippen LogP contribution in [0, 0.1) is 5.41 Å². The third kappa shape index (κ3) is 1.50. The van der Waals surface area contributed by atoms with E-state index < -0.39 is 23.2 Å². The van der Waals surface area contributed by atoms with Gasteiger partial charge in [-0.2, -0.15) is 18.3 Å². The molecule has 2 aliphatic rings. The number of hydrogen-bond acceptors (Lipinski definition) is 3. The van der Waals surface area contributed by atoms with Crippen LogP contribution in [0.5, 0.6) is 0 Å². The first kappa shape index (κ1) is 10.4. The SMILES string of the molecule is O=C1NN=C(C(F)(F)F)C12CCNCC2. The molecule has 0 unspecified atom stereocenters. The number of carbonyl (C=O) groups is 1. The summed E-state index contributed by atoms with van der Waals surface area (Å²) in [7, 11) is 0. The Morgan fingerprint density at radius 3 is 2.40 bits per heavy atom. The van der Waals surface area contributed by atoms with Crippen molar-refractivity contribution in [3.05, 3.63) is 0 Å². The average Bonchev–Trinajstić information content (AvgIpc) is 2.45. The fourth-order valence-corrected chi connectivity index (χ4v) is 2.08. The van der Waals surface area contributed by atoms with Crippen LogP contribution in [-0.2, 0) is 4.79 Å². The highest BCUT2D eigenvalue weighted by Gasteiger charge is 2.58. The van der Waals surface area contributed by atoms with Crippen LogP contribution in [0.3, 0.4) is 0 Å². The number of amides is 1. The molecule has 0 aromatic rings. The first-order valence-corrected chi connectivity index (χ1v) is 4.63. The fourth-order valence-electron chi connectivity index (χ4n) is 2.08. The van der Waals surface area contributed by atoms with Gasteiger partial charge < -0.3 is 5.32 Å². The molecule has 2 aliphatic heterocycles. The molecular weight excluding hydrogens is 211 g/mol. The van der Waals surface area contributed by atoms with Gasteiger partial charge in [0.25, 0.3) is 5.91 Å². The molecule has 2 rings (SSSR count). The Bertz CT molecular complexity index is 318. The molecule has 2 heterocycles. The number of nitrogens with zero attached hydrogens (tertiary/aromatic N) is 1. The molecule has 4 nitrogen and oxygen atoms in total. The summed E-state index contributed by atoms with van der Waals surface area (Å²) < 4.78 is 37.9. The molecule has 1 fully saturated rings. The number of rotatable bonds is 0. The van der Waals surface area contributed by atoms with Gasteiger partial charge in [-0.15, -0.1) is 0 Å². The quantitative estimate of drug-likeness (QED) is 0.622. The fraction of sp³-hybridized carbons (Fsp3) is 0.750. The number of hydrogen-bond donors (Lipinski definition) is 2. The van der Waals surface area contributed by atoms with Crippen LogP contribution in [0.25, 0.3) is 0 Å². The molecule has 1 saturated heterocycles. The minimum atomic E-state index is -4.53. The first-order valence-electron chi connectivity index (χ1n) is 4.63. The molecule has 1 amide bonds. The molecule has 0 radical (unpaired) electrons. The summed E-state index contributed by atoms with van der Waals surface area (Å²) in [5.41, 5.74) is -0.488. The Labute approximate surface area is 83.9 Å². The third-order valence-electron chi connectivity index (χ3n) is 2.88. The van der Waals surface area contributed by atoms with Gasteiger partial charge >= 0.3 is 6.18 Å². The number of hydrazone groups is 1. The minimum absolute atomic E-state index is 0.150.